The van der Waals surface area contributed by atoms with Crippen molar-refractivity contribution in [2.45, 2.75) is 26.2 Å². The van der Waals surface area contributed by atoms with Crippen LogP contribution in [-0.4, -0.2) is 30.6 Å². The molecule has 0 saturated carbocycles. The first kappa shape index (κ1) is 16.3. The zero-order valence-corrected chi connectivity index (χ0v) is 12.0. The normalized spacial score (nSPS) is 14.2. The minimum atomic E-state index is 0. The van der Waals surface area contributed by atoms with Gasteiger partial charge in [-0.05, 0) is 50.0 Å². The molecule has 1 N–H and O–H groups in total. The van der Waals surface area contributed by atoms with E-state index >= 15 is 0 Å². The first-order valence-corrected chi connectivity index (χ1v) is 5.98. The van der Waals surface area contributed by atoms with Gasteiger partial charge in [-0.3, -0.25) is 0 Å². The average Bonchev–Trinajstić information content (AvgIpc) is 2.17. The van der Waals surface area contributed by atoms with E-state index in [0.717, 1.165) is 13.0 Å². The van der Waals surface area contributed by atoms with Crippen LogP contribution in [-0.2, 0) is 0 Å². The Bertz CT molecular complexity index is 328. The van der Waals surface area contributed by atoms with Gasteiger partial charge in [-0.15, -0.1) is 12.4 Å². The molecule has 0 radical (unpaired) electrons. The molecule has 1 aromatic rings. The summed E-state index contributed by atoms with van der Waals surface area (Å²) in [5.74, 6) is 1.49. The van der Waals surface area contributed by atoms with Crippen molar-refractivity contribution in [2.24, 2.45) is 5.92 Å². The molecule has 0 aromatic heterocycles. The number of rotatable bonds is 5. The minimum absolute atomic E-state index is 0. The summed E-state index contributed by atoms with van der Waals surface area (Å²) in [5, 5.41) is 9.51. The highest BCUT2D eigenvalue weighted by Gasteiger charge is 2.18. The van der Waals surface area contributed by atoms with E-state index in [1.54, 1.807) is 6.07 Å². The Balaban J connectivity index is 0.00000256. The average molecular weight is 258 g/mol. The molecule has 0 aliphatic rings. The van der Waals surface area contributed by atoms with Gasteiger partial charge < -0.3 is 10.0 Å². The molecular formula is C14H24ClNO. The lowest BCUT2D eigenvalue weighted by molar-refractivity contribution is 0.301. The van der Waals surface area contributed by atoms with Crippen LogP contribution in [0.3, 0.4) is 0 Å². The Morgan fingerprint density at radius 1 is 1.29 bits per heavy atom. The molecule has 98 valence electrons. The summed E-state index contributed by atoms with van der Waals surface area (Å²) in [6.07, 6.45) is 1.11. The second-order valence-corrected chi connectivity index (χ2v) is 4.85. The fourth-order valence-electron chi connectivity index (χ4n) is 2.43. The van der Waals surface area contributed by atoms with Crippen molar-refractivity contribution < 1.29 is 5.11 Å². The van der Waals surface area contributed by atoms with Gasteiger partial charge in [-0.25, -0.2) is 0 Å². The van der Waals surface area contributed by atoms with Crippen LogP contribution >= 0.6 is 12.4 Å². The molecule has 2 nitrogen and oxygen atoms in total. The second-order valence-electron chi connectivity index (χ2n) is 4.85. The summed E-state index contributed by atoms with van der Waals surface area (Å²) in [5.41, 5.74) is 1.25. The number of aromatic hydroxyl groups is 1. The minimum Gasteiger partial charge on any atom is -0.508 e. The van der Waals surface area contributed by atoms with E-state index in [9.17, 15) is 5.11 Å². The molecule has 0 aliphatic heterocycles. The first-order valence-electron chi connectivity index (χ1n) is 5.98. The number of nitrogens with zero attached hydrogens (tertiary/aromatic N) is 1. The van der Waals surface area contributed by atoms with Gasteiger partial charge in [0.05, 0.1) is 0 Å². The fourth-order valence-corrected chi connectivity index (χ4v) is 2.43. The molecule has 0 spiro atoms. The molecule has 0 saturated heterocycles. The van der Waals surface area contributed by atoms with Crippen LogP contribution in [0, 0.1) is 5.92 Å². The van der Waals surface area contributed by atoms with E-state index < -0.39 is 0 Å². The lowest BCUT2D eigenvalue weighted by atomic mass is 9.85. The molecular weight excluding hydrogens is 234 g/mol. The quantitative estimate of drug-likeness (QED) is 0.873. The maximum atomic E-state index is 9.51. The van der Waals surface area contributed by atoms with Crippen molar-refractivity contribution in [3.63, 3.8) is 0 Å². The van der Waals surface area contributed by atoms with E-state index in [1.165, 1.54) is 5.56 Å². The summed E-state index contributed by atoms with van der Waals surface area (Å²) in [6, 6.07) is 7.66. The lowest BCUT2D eigenvalue weighted by Crippen LogP contribution is -2.24. The predicted molar refractivity (Wildman–Crippen MR) is 76.1 cm³/mol. The molecule has 17 heavy (non-hydrogen) atoms. The standard InChI is InChI=1S/C14H23NO.ClH/c1-5-14(11(2)10-15(3)4)12-7-6-8-13(16)9-12;/h6-9,11,14,16H,5,10H2,1-4H3;1H/t11?,14-;/m1./s1. The topological polar surface area (TPSA) is 23.5 Å². The van der Waals surface area contributed by atoms with Gasteiger partial charge in [0.2, 0.25) is 0 Å². The van der Waals surface area contributed by atoms with Crippen molar-refractivity contribution >= 4 is 12.4 Å². The van der Waals surface area contributed by atoms with Crippen molar-refractivity contribution in [2.75, 3.05) is 20.6 Å². The van der Waals surface area contributed by atoms with Gasteiger partial charge in [0, 0.05) is 6.54 Å². The van der Waals surface area contributed by atoms with Crippen LogP contribution in [0.25, 0.3) is 0 Å². The third kappa shape index (κ3) is 4.97. The Labute approximate surface area is 111 Å². The van der Waals surface area contributed by atoms with E-state index in [-0.39, 0.29) is 12.4 Å². The largest absolute Gasteiger partial charge is 0.508 e. The number of hydrogen-bond acceptors (Lipinski definition) is 2. The van der Waals surface area contributed by atoms with Crippen LogP contribution in [0.1, 0.15) is 31.7 Å². The van der Waals surface area contributed by atoms with Crippen molar-refractivity contribution in [3.05, 3.63) is 29.8 Å². The zero-order valence-electron chi connectivity index (χ0n) is 11.2. The fraction of sp³-hybridized carbons (Fsp3) is 0.571. The Hall–Kier alpha value is -0.730. The highest BCUT2D eigenvalue weighted by Crippen LogP contribution is 2.30. The highest BCUT2D eigenvalue weighted by atomic mass is 35.5. The van der Waals surface area contributed by atoms with Crippen molar-refractivity contribution in [1.82, 2.24) is 4.90 Å². The van der Waals surface area contributed by atoms with E-state index in [1.807, 2.05) is 12.1 Å². The van der Waals surface area contributed by atoms with Crippen LogP contribution in [0.15, 0.2) is 24.3 Å². The maximum absolute atomic E-state index is 9.51. The molecule has 0 bridgehead atoms. The third-order valence-corrected chi connectivity index (χ3v) is 3.08. The lowest BCUT2D eigenvalue weighted by Gasteiger charge is -2.26. The zero-order chi connectivity index (χ0) is 12.1. The summed E-state index contributed by atoms with van der Waals surface area (Å²) >= 11 is 0. The summed E-state index contributed by atoms with van der Waals surface area (Å²) in [6.45, 7) is 5.56. The molecule has 1 unspecified atom stereocenters. The van der Waals surface area contributed by atoms with Gasteiger partial charge in [0.15, 0.2) is 0 Å². The summed E-state index contributed by atoms with van der Waals surface area (Å²) in [4.78, 5) is 2.22. The smallest absolute Gasteiger partial charge is 0.115 e. The van der Waals surface area contributed by atoms with Gasteiger partial charge in [0.25, 0.3) is 0 Å². The van der Waals surface area contributed by atoms with Crippen LogP contribution in [0.4, 0.5) is 0 Å². The number of phenolic OH excluding ortho intramolecular Hbond substituents is 1. The molecule has 1 rings (SSSR count). The predicted octanol–water partition coefficient (Wildman–Crippen LogP) is 3.51. The highest BCUT2D eigenvalue weighted by molar-refractivity contribution is 5.85. The van der Waals surface area contributed by atoms with E-state index in [4.69, 9.17) is 0 Å². The Morgan fingerprint density at radius 2 is 1.94 bits per heavy atom. The van der Waals surface area contributed by atoms with E-state index in [2.05, 4.69) is 38.9 Å². The monoisotopic (exact) mass is 257 g/mol. The summed E-state index contributed by atoms with van der Waals surface area (Å²) < 4.78 is 0. The number of phenols is 1. The third-order valence-electron chi connectivity index (χ3n) is 3.08. The first-order chi connectivity index (χ1) is 7.54. The molecule has 0 aliphatic carbocycles. The molecule has 0 amide bonds. The molecule has 3 heteroatoms. The van der Waals surface area contributed by atoms with E-state index in [0.29, 0.717) is 17.6 Å². The van der Waals surface area contributed by atoms with Gasteiger partial charge in [0.1, 0.15) is 5.75 Å². The van der Waals surface area contributed by atoms with Gasteiger partial charge in [-0.2, -0.15) is 0 Å². The second kappa shape index (κ2) is 7.57. The molecule has 1 aromatic carbocycles. The van der Waals surface area contributed by atoms with Gasteiger partial charge in [-0.1, -0.05) is 26.0 Å². The molecule has 2 atom stereocenters. The Kier molecular flexibility index (Phi) is 7.24. The van der Waals surface area contributed by atoms with Crippen LogP contribution in [0.2, 0.25) is 0 Å². The number of benzene rings is 1. The SMILES string of the molecule is CC[C@@H](c1cccc(O)c1)C(C)CN(C)C.Cl. The number of halogens is 1. The van der Waals surface area contributed by atoms with Gasteiger partial charge >= 0.3 is 0 Å². The Morgan fingerprint density at radius 3 is 2.41 bits per heavy atom. The van der Waals surface area contributed by atoms with Crippen LogP contribution < -0.4 is 0 Å². The summed E-state index contributed by atoms with van der Waals surface area (Å²) in [7, 11) is 4.21. The van der Waals surface area contributed by atoms with Crippen LogP contribution in [0.5, 0.6) is 5.75 Å². The van der Waals surface area contributed by atoms with Crippen molar-refractivity contribution in [3.8, 4) is 5.75 Å². The molecule has 0 heterocycles. The van der Waals surface area contributed by atoms with Crippen molar-refractivity contribution in [1.29, 1.82) is 0 Å². The molecule has 0 fully saturated rings. The maximum Gasteiger partial charge on any atom is 0.115 e. The number of hydrogen-bond donors (Lipinski definition) is 1.